The van der Waals surface area contributed by atoms with Gasteiger partial charge in [0.25, 0.3) is 0 Å². The van der Waals surface area contributed by atoms with E-state index in [2.05, 4.69) is 26.1 Å². The maximum absolute atomic E-state index is 13.4. The van der Waals surface area contributed by atoms with Crippen molar-refractivity contribution in [2.45, 2.75) is 62.6 Å². The molecule has 4 rings (SSSR count). The number of fused-ring (bicyclic) bond motifs is 2. The van der Waals surface area contributed by atoms with E-state index in [9.17, 15) is 8.42 Å². The lowest BCUT2D eigenvalue weighted by molar-refractivity contribution is 0.184. The maximum Gasteiger partial charge on any atom is 0.247 e. The SMILES string of the molecule is Cc1nn(C)c(C)c1S(=O)(=O)N1C2CCC1CC(n1cc(Br)cn1)C2. The summed E-state index contributed by atoms with van der Waals surface area (Å²) in [5.41, 5.74) is 1.28. The highest BCUT2D eigenvalue weighted by Gasteiger charge is 2.48. The lowest BCUT2D eigenvalue weighted by Crippen LogP contribution is -2.47. The zero-order valence-corrected chi connectivity index (χ0v) is 17.0. The van der Waals surface area contributed by atoms with Crippen LogP contribution in [0.25, 0.3) is 0 Å². The van der Waals surface area contributed by atoms with E-state index in [0.717, 1.165) is 30.2 Å². The van der Waals surface area contributed by atoms with Crippen LogP contribution < -0.4 is 0 Å². The van der Waals surface area contributed by atoms with Gasteiger partial charge < -0.3 is 0 Å². The van der Waals surface area contributed by atoms with Crippen molar-refractivity contribution in [1.82, 2.24) is 23.9 Å². The number of piperidine rings is 1. The van der Waals surface area contributed by atoms with Crippen LogP contribution in [0.3, 0.4) is 0 Å². The highest BCUT2D eigenvalue weighted by Crippen LogP contribution is 2.44. The molecule has 0 amide bonds. The highest BCUT2D eigenvalue weighted by molar-refractivity contribution is 9.10. The molecule has 7 nitrogen and oxygen atoms in total. The average Bonchev–Trinajstić information content (AvgIpc) is 3.16. The molecule has 0 saturated carbocycles. The summed E-state index contributed by atoms with van der Waals surface area (Å²) in [5.74, 6) is 0. The fraction of sp³-hybridized carbons (Fsp3) is 0.625. The van der Waals surface area contributed by atoms with Crippen molar-refractivity contribution in [3.8, 4) is 0 Å². The number of sulfonamides is 1. The van der Waals surface area contributed by atoms with Crippen molar-refractivity contribution in [3.63, 3.8) is 0 Å². The monoisotopic (exact) mass is 427 g/mol. The van der Waals surface area contributed by atoms with E-state index in [1.165, 1.54) is 0 Å². The summed E-state index contributed by atoms with van der Waals surface area (Å²) in [7, 11) is -1.74. The third-order valence-corrected chi connectivity index (χ3v) is 8.23. The second kappa shape index (κ2) is 5.92. The molecule has 2 atom stereocenters. The van der Waals surface area contributed by atoms with Gasteiger partial charge in [-0.15, -0.1) is 0 Å². The van der Waals surface area contributed by atoms with Crippen LogP contribution in [-0.2, 0) is 17.1 Å². The maximum atomic E-state index is 13.4. The molecule has 0 aromatic carbocycles. The molecule has 0 spiro atoms. The quantitative estimate of drug-likeness (QED) is 0.754. The first kappa shape index (κ1) is 17.2. The number of aromatic nitrogens is 4. The van der Waals surface area contributed by atoms with Crippen LogP contribution in [0, 0.1) is 13.8 Å². The summed E-state index contributed by atoms with van der Waals surface area (Å²) in [4.78, 5) is 0.382. The number of hydrogen-bond acceptors (Lipinski definition) is 4. The van der Waals surface area contributed by atoms with Crippen molar-refractivity contribution in [1.29, 1.82) is 0 Å². The Morgan fingerprint density at radius 2 is 1.80 bits per heavy atom. The molecule has 2 bridgehead atoms. The molecule has 0 N–H and O–H groups in total. The predicted octanol–water partition coefficient (Wildman–Crippen LogP) is 2.55. The molecule has 2 saturated heterocycles. The van der Waals surface area contributed by atoms with Crippen molar-refractivity contribution in [3.05, 3.63) is 28.3 Å². The van der Waals surface area contributed by atoms with Gasteiger partial charge >= 0.3 is 0 Å². The summed E-state index contributed by atoms with van der Waals surface area (Å²) >= 11 is 3.44. The number of nitrogens with zero attached hydrogens (tertiary/aromatic N) is 5. The topological polar surface area (TPSA) is 73.0 Å². The van der Waals surface area contributed by atoms with Gasteiger partial charge in [-0.25, -0.2) is 8.42 Å². The molecule has 9 heteroatoms. The molecule has 4 heterocycles. The second-order valence-electron chi connectivity index (χ2n) is 7.11. The molecule has 2 aromatic rings. The number of aryl methyl sites for hydroxylation is 2. The fourth-order valence-corrected chi connectivity index (χ4v) is 7.06. The van der Waals surface area contributed by atoms with E-state index in [0.29, 0.717) is 16.3 Å². The first-order valence-electron chi connectivity index (χ1n) is 8.52. The van der Waals surface area contributed by atoms with Gasteiger partial charge in [0, 0.05) is 25.3 Å². The van der Waals surface area contributed by atoms with Gasteiger partial charge in [-0.3, -0.25) is 9.36 Å². The van der Waals surface area contributed by atoms with Crippen LogP contribution >= 0.6 is 15.9 Å². The molecule has 0 radical (unpaired) electrons. The first-order chi connectivity index (χ1) is 11.8. The van der Waals surface area contributed by atoms with Crippen LogP contribution in [0.5, 0.6) is 0 Å². The van der Waals surface area contributed by atoms with Crippen LogP contribution in [-0.4, -0.2) is 44.4 Å². The molecule has 0 aliphatic carbocycles. The largest absolute Gasteiger partial charge is 0.271 e. The fourth-order valence-electron chi connectivity index (χ4n) is 4.46. The average molecular weight is 428 g/mol. The molecule has 2 aliphatic rings. The Kier molecular flexibility index (Phi) is 4.08. The number of hydrogen-bond donors (Lipinski definition) is 0. The molecule has 136 valence electrons. The minimum absolute atomic E-state index is 0.0377. The summed E-state index contributed by atoms with van der Waals surface area (Å²) in [6.07, 6.45) is 7.21. The zero-order chi connectivity index (χ0) is 17.9. The van der Waals surface area contributed by atoms with Gasteiger partial charge in [0.1, 0.15) is 4.90 Å². The normalized spacial score (nSPS) is 27.1. The molecule has 2 unspecified atom stereocenters. The Labute approximate surface area is 156 Å². The standard InChI is InChI=1S/C16H22BrN5O2S/c1-10-16(11(2)20(3)19-10)25(23,24)22-13-4-5-14(22)7-15(6-13)21-9-12(17)8-18-21/h8-9,13-15H,4-7H2,1-3H3. The number of halogens is 1. The van der Waals surface area contributed by atoms with Gasteiger partial charge in [-0.05, 0) is 55.5 Å². The Bertz CT molecular complexity index is 905. The van der Waals surface area contributed by atoms with E-state index in [1.54, 1.807) is 29.2 Å². The van der Waals surface area contributed by atoms with Crippen LogP contribution in [0.2, 0.25) is 0 Å². The van der Waals surface area contributed by atoms with Crippen molar-refractivity contribution >= 4 is 26.0 Å². The minimum atomic E-state index is -3.53. The van der Waals surface area contributed by atoms with E-state index >= 15 is 0 Å². The van der Waals surface area contributed by atoms with Gasteiger partial charge in [0.05, 0.1) is 28.1 Å². The lowest BCUT2D eigenvalue weighted by Gasteiger charge is -2.37. The van der Waals surface area contributed by atoms with Crippen molar-refractivity contribution in [2.24, 2.45) is 7.05 Å². The van der Waals surface area contributed by atoms with Crippen LogP contribution in [0.15, 0.2) is 21.8 Å². The predicted molar refractivity (Wildman–Crippen MR) is 96.7 cm³/mol. The Hall–Kier alpha value is -1.19. The molecule has 25 heavy (non-hydrogen) atoms. The van der Waals surface area contributed by atoms with Crippen LogP contribution in [0.4, 0.5) is 0 Å². The van der Waals surface area contributed by atoms with E-state index in [-0.39, 0.29) is 18.1 Å². The van der Waals surface area contributed by atoms with Gasteiger partial charge in [-0.2, -0.15) is 14.5 Å². The Morgan fingerprint density at radius 3 is 2.28 bits per heavy atom. The third-order valence-electron chi connectivity index (χ3n) is 5.56. The zero-order valence-electron chi connectivity index (χ0n) is 14.6. The molecule has 2 fully saturated rings. The summed E-state index contributed by atoms with van der Waals surface area (Å²) in [6.45, 7) is 3.60. The lowest BCUT2D eigenvalue weighted by atomic mass is 10.00. The van der Waals surface area contributed by atoms with Crippen molar-refractivity contribution < 1.29 is 8.42 Å². The summed E-state index contributed by atoms with van der Waals surface area (Å²) < 4.78 is 33.1. The minimum Gasteiger partial charge on any atom is -0.271 e. The first-order valence-corrected chi connectivity index (χ1v) is 10.8. The Morgan fingerprint density at radius 1 is 1.16 bits per heavy atom. The van der Waals surface area contributed by atoms with Gasteiger partial charge in [0.2, 0.25) is 10.0 Å². The van der Waals surface area contributed by atoms with E-state index < -0.39 is 10.0 Å². The van der Waals surface area contributed by atoms with Gasteiger partial charge in [-0.1, -0.05) is 0 Å². The number of rotatable bonds is 3. The highest BCUT2D eigenvalue weighted by atomic mass is 79.9. The van der Waals surface area contributed by atoms with Gasteiger partial charge in [0.15, 0.2) is 0 Å². The summed E-state index contributed by atoms with van der Waals surface area (Å²) in [6, 6.07) is 0.331. The Balaban J connectivity index is 1.66. The van der Waals surface area contributed by atoms with E-state index in [4.69, 9.17) is 0 Å². The molecule has 2 aliphatic heterocycles. The third kappa shape index (κ3) is 2.67. The van der Waals surface area contributed by atoms with Crippen LogP contribution in [0.1, 0.15) is 43.1 Å². The molecular formula is C16H22BrN5O2S. The molecule has 2 aromatic heterocycles. The van der Waals surface area contributed by atoms with E-state index in [1.807, 2.05) is 17.8 Å². The smallest absolute Gasteiger partial charge is 0.247 e. The summed E-state index contributed by atoms with van der Waals surface area (Å²) in [5, 5.41) is 8.70. The second-order valence-corrected chi connectivity index (χ2v) is 9.80. The van der Waals surface area contributed by atoms with Crippen molar-refractivity contribution in [2.75, 3.05) is 0 Å². The molecular weight excluding hydrogens is 406 g/mol.